The summed E-state index contributed by atoms with van der Waals surface area (Å²) in [6, 6.07) is 7.62. The van der Waals surface area contributed by atoms with Crippen LogP contribution in [0.5, 0.6) is 5.75 Å². The number of hydrogen-bond acceptors (Lipinski definition) is 5. The Morgan fingerprint density at radius 3 is 3.00 bits per heavy atom. The maximum absolute atomic E-state index is 8.73. The summed E-state index contributed by atoms with van der Waals surface area (Å²) in [5.74, 6) is 1.97. The van der Waals surface area contributed by atoms with Gasteiger partial charge in [0.2, 0.25) is 11.7 Å². The third-order valence-corrected chi connectivity index (χ3v) is 2.67. The van der Waals surface area contributed by atoms with Gasteiger partial charge >= 0.3 is 0 Å². The highest BCUT2D eigenvalue weighted by Gasteiger charge is 2.09. The summed E-state index contributed by atoms with van der Waals surface area (Å²) >= 11 is 0. The zero-order chi connectivity index (χ0) is 13.5. The number of aromatic nitrogens is 2. The average Bonchev–Trinajstić information content (AvgIpc) is 2.89. The first kappa shape index (κ1) is 13.5. The number of ether oxygens (including phenoxy) is 1. The number of unbranched alkanes of at least 4 members (excludes halogenated alkanes) is 1. The molecule has 0 spiro atoms. The van der Waals surface area contributed by atoms with Crippen molar-refractivity contribution in [3.8, 4) is 17.1 Å². The lowest BCUT2D eigenvalue weighted by molar-refractivity contribution is 0.281. The van der Waals surface area contributed by atoms with E-state index in [0.29, 0.717) is 24.7 Å². The number of hydrogen-bond donors (Lipinski definition) is 1. The number of nitrogens with zero attached hydrogens (tertiary/aromatic N) is 2. The zero-order valence-corrected chi connectivity index (χ0v) is 11.0. The van der Waals surface area contributed by atoms with E-state index in [9.17, 15) is 0 Å². The lowest BCUT2D eigenvalue weighted by Crippen LogP contribution is -1.92. The van der Waals surface area contributed by atoms with Crippen LogP contribution in [0, 0.1) is 0 Å². The van der Waals surface area contributed by atoms with Crippen molar-refractivity contribution in [2.24, 2.45) is 0 Å². The highest BCUT2D eigenvalue weighted by molar-refractivity contribution is 5.56. The molecule has 2 rings (SSSR count). The monoisotopic (exact) mass is 262 g/mol. The molecule has 0 saturated carbocycles. The minimum atomic E-state index is 0.192. The van der Waals surface area contributed by atoms with Crippen molar-refractivity contribution >= 4 is 0 Å². The number of aliphatic hydroxyl groups excluding tert-OH is 1. The van der Waals surface area contributed by atoms with E-state index in [4.69, 9.17) is 14.4 Å². The summed E-state index contributed by atoms with van der Waals surface area (Å²) in [7, 11) is 0. The molecule has 0 aliphatic carbocycles. The SMILES string of the molecule is CCOc1cccc(-c2noc(CCCCO)n2)c1. The molecule has 5 heteroatoms. The predicted octanol–water partition coefficient (Wildman–Crippen LogP) is 2.45. The van der Waals surface area contributed by atoms with E-state index in [1.165, 1.54) is 0 Å². The van der Waals surface area contributed by atoms with Crippen LogP contribution in [0.1, 0.15) is 25.7 Å². The van der Waals surface area contributed by atoms with Gasteiger partial charge in [0.25, 0.3) is 0 Å². The Kier molecular flexibility index (Phi) is 4.92. The fourth-order valence-corrected chi connectivity index (χ4v) is 1.75. The summed E-state index contributed by atoms with van der Waals surface area (Å²) in [5.41, 5.74) is 0.878. The van der Waals surface area contributed by atoms with E-state index in [-0.39, 0.29) is 6.61 Å². The summed E-state index contributed by atoms with van der Waals surface area (Å²) in [4.78, 5) is 4.34. The van der Waals surface area contributed by atoms with Crippen LogP contribution in [0.25, 0.3) is 11.4 Å². The molecule has 0 atom stereocenters. The van der Waals surface area contributed by atoms with E-state index in [2.05, 4.69) is 10.1 Å². The summed E-state index contributed by atoms with van der Waals surface area (Å²) < 4.78 is 10.6. The first-order valence-corrected chi connectivity index (χ1v) is 6.50. The smallest absolute Gasteiger partial charge is 0.226 e. The lowest BCUT2D eigenvalue weighted by Gasteiger charge is -2.02. The molecule has 1 heterocycles. The molecule has 0 bridgehead atoms. The van der Waals surface area contributed by atoms with Gasteiger partial charge in [-0.15, -0.1) is 0 Å². The Morgan fingerprint density at radius 2 is 2.21 bits per heavy atom. The fraction of sp³-hybridized carbons (Fsp3) is 0.429. The molecule has 0 amide bonds. The van der Waals surface area contributed by atoms with Crippen LogP contribution in [-0.2, 0) is 6.42 Å². The number of benzene rings is 1. The summed E-state index contributed by atoms with van der Waals surface area (Å²) in [6.07, 6.45) is 2.29. The molecule has 1 N–H and O–H groups in total. The topological polar surface area (TPSA) is 68.4 Å². The maximum Gasteiger partial charge on any atom is 0.226 e. The van der Waals surface area contributed by atoms with Crippen molar-refractivity contribution in [3.05, 3.63) is 30.2 Å². The van der Waals surface area contributed by atoms with Crippen LogP contribution in [0.2, 0.25) is 0 Å². The zero-order valence-electron chi connectivity index (χ0n) is 11.0. The first-order valence-electron chi connectivity index (χ1n) is 6.50. The molecule has 19 heavy (non-hydrogen) atoms. The summed E-state index contributed by atoms with van der Waals surface area (Å²) in [5, 5.41) is 12.7. The number of aryl methyl sites for hydroxylation is 1. The molecule has 0 unspecified atom stereocenters. The van der Waals surface area contributed by atoms with Crippen LogP contribution >= 0.6 is 0 Å². The van der Waals surface area contributed by atoms with Crippen molar-refractivity contribution in [1.29, 1.82) is 0 Å². The van der Waals surface area contributed by atoms with Gasteiger partial charge in [-0.05, 0) is 31.9 Å². The largest absolute Gasteiger partial charge is 0.494 e. The van der Waals surface area contributed by atoms with Crippen molar-refractivity contribution in [3.63, 3.8) is 0 Å². The molecular weight excluding hydrogens is 244 g/mol. The highest BCUT2D eigenvalue weighted by Crippen LogP contribution is 2.21. The molecular formula is C14H18N2O3. The van der Waals surface area contributed by atoms with Gasteiger partial charge in [0.05, 0.1) is 6.61 Å². The average molecular weight is 262 g/mol. The normalized spacial score (nSPS) is 10.6. The van der Waals surface area contributed by atoms with Crippen molar-refractivity contribution < 1.29 is 14.4 Å². The molecule has 2 aromatic rings. The van der Waals surface area contributed by atoms with Gasteiger partial charge in [0.15, 0.2) is 0 Å². The lowest BCUT2D eigenvalue weighted by atomic mass is 10.2. The molecule has 0 radical (unpaired) electrons. The van der Waals surface area contributed by atoms with Crippen LogP contribution in [0.4, 0.5) is 0 Å². The van der Waals surface area contributed by atoms with E-state index in [1.807, 2.05) is 31.2 Å². The van der Waals surface area contributed by atoms with Crippen molar-refractivity contribution in [2.75, 3.05) is 13.2 Å². The quantitative estimate of drug-likeness (QED) is 0.776. The van der Waals surface area contributed by atoms with Gasteiger partial charge in [-0.25, -0.2) is 0 Å². The van der Waals surface area contributed by atoms with E-state index in [0.717, 1.165) is 24.2 Å². The second kappa shape index (κ2) is 6.89. The minimum Gasteiger partial charge on any atom is -0.494 e. The molecule has 1 aromatic carbocycles. The molecule has 102 valence electrons. The Morgan fingerprint density at radius 1 is 1.32 bits per heavy atom. The van der Waals surface area contributed by atoms with E-state index >= 15 is 0 Å². The van der Waals surface area contributed by atoms with Crippen molar-refractivity contribution in [2.45, 2.75) is 26.2 Å². The van der Waals surface area contributed by atoms with Gasteiger partial charge in [-0.1, -0.05) is 17.3 Å². The standard InChI is InChI=1S/C14H18N2O3/c1-2-18-12-7-5-6-11(10-12)14-15-13(19-16-14)8-3-4-9-17/h5-7,10,17H,2-4,8-9H2,1H3. The van der Waals surface area contributed by atoms with Gasteiger partial charge in [0, 0.05) is 18.6 Å². The van der Waals surface area contributed by atoms with Gasteiger partial charge in [-0.2, -0.15) is 4.98 Å². The van der Waals surface area contributed by atoms with E-state index in [1.54, 1.807) is 0 Å². The first-order chi connectivity index (χ1) is 9.33. The second-order valence-electron chi connectivity index (χ2n) is 4.15. The Bertz CT molecular complexity index is 511. The predicted molar refractivity (Wildman–Crippen MR) is 70.9 cm³/mol. The third-order valence-electron chi connectivity index (χ3n) is 2.67. The molecule has 0 aliphatic rings. The summed E-state index contributed by atoms with van der Waals surface area (Å²) in [6.45, 7) is 2.76. The fourth-order valence-electron chi connectivity index (χ4n) is 1.75. The third kappa shape index (κ3) is 3.79. The molecule has 0 aliphatic heterocycles. The number of aliphatic hydroxyl groups is 1. The van der Waals surface area contributed by atoms with Gasteiger partial charge in [0.1, 0.15) is 5.75 Å². The molecule has 1 aromatic heterocycles. The maximum atomic E-state index is 8.73. The number of rotatable bonds is 7. The van der Waals surface area contributed by atoms with Crippen molar-refractivity contribution in [1.82, 2.24) is 10.1 Å². The molecule has 5 nitrogen and oxygen atoms in total. The minimum absolute atomic E-state index is 0.192. The Hall–Kier alpha value is -1.88. The van der Waals surface area contributed by atoms with Gasteiger partial charge < -0.3 is 14.4 Å². The van der Waals surface area contributed by atoms with Gasteiger partial charge in [-0.3, -0.25) is 0 Å². The Labute approximate surface area is 112 Å². The second-order valence-corrected chi connectivity index (χ2v) is 4.15. The molecule has 0 saturated heterocycles. The van der Waals surface area contributed by atoms with Crippen LogP contribution in [0.3, 0.4) is 0 Å². The molecule has 0 fully saturated rings. The van der Waals surface area contributed by atoms with Crippen LogP contribution < -0.4 is 4.74 Å². The van der Waals surface area contributed by atoms with Crippen LogP contribution in [-0.4, -0.2) is 28.5 Å². The van der Waals surface area contributed by atoms with E-state index < -0.39 is 0 Å². The highest BCUT2D eigenvalue weighted by atomic mass is 16.5. The Balaban J connectivity index is 2.07. The van der Waals surface area contributed by atoms with Crippen LogP contribution in [0.15, 0.2) is 28.8 Å².